The molecule has 6 nitrogen and oxygen atoms in total. The van der Waals surface area contributed by atoms with Gasteiger partial charge in [0.05, 0.1) is 16.8 Å². The summed E-state index contributed by atoms with van der Waals surface area (Å²) in [5.41, 5.74) is 5.68. The number of nitrogens with one attached hydrogen (secondary N) is 2. The lowest BCUT2D eigenvalue weighted by atomic mass is 10.1. The van der Waals surface area contributed by atoms with Crippen LogP contribution in [0.15, 0.2) is 59.7 Å². The number of rotatable bonds is 6. The molecule has 1 amide bonds. The summed E-state index contributed by atoms with van der Waals surface area (Å²) in [6.45, 7) is 9.07. The van der Waals surface area contributed by atoms with E-state index in [9.17, 15) is 4.79 Å². The molecule has 2 N–H and O–H groups in total. The lowest BCUT2D eigenvalue weighted by Crippen LogP contribution is -2.29. The minimum absolute atomic E-state index is 0.258. The van der Waals surface area contributed by atoms with E-state index >= 15 is 0 Å². The summed E-state index contributed by atoms with van der Waals surface area (Å²) >= 11 is 1.40. The van der Waals surface area contributed by atoms with E-state index in [2.05, 4.69) is 29.2 Å². The Morgan fingerprint density at radius 2 is 1.96 bits per heavy atom. The van der Waals surface area contributed by atoms with E-state index in [0.29, 0.717) is 5.13 Å². The normalized spacial score (nSPS) is 10.3. The van der Waals surface area contributed by atoms with Gasteiger partial charge in [-0.2, -0.15) is 0 Å². The van der Waals surface area contributed by atoms with Crippen LogP contribution in [-0.2, 0) is 0 Å². The van der Waals surface area contributed by atoms with Gasteiger partial charge < -0.3 is 4.42 Å². The molecule has 0 aliphatic heterocycles. The number of anilines is 1. The van der Waals surface area contributed by atoms with Gasteiger partial charge in [-0.05, 0) is 31.7 Å². The third kappa shape index (κ3) is 5.88. The van der Waals surface area contributed by atoms with Crippen molar-refractivity contribution in [3.63, 3.8) is 0 Å². The smallest absolute Gasteiger partial charge is 0.293 e. The SMILES string of the molecule is C=C(C)c1sc(NC(=O)c2ccco2)nc1-c1ccccc1.CCN(C)NC. The Labute approximate surface area is 169 Å². The highest BCUT2D eigenvalue weighted by Crippen LogP contribution is 2.35. The molecule has 2 heterocycles. The largest absolute Gasteiger partial charge is 0.459 e. The number of amides is 1. The lowest BCUT2D eigenvalue weighted by molar-refractivity contribution is 0.0996. The fourth-order valence-electron chi connectivity index (χ4n) is 2.18. The number of benzene rings is 1. The number of hydrogen-bond acceptors (Lipinski definition) is 6. The molecule has 2 aromatic heterocycles. The molecule has 0 saturated heterocycles. The number of thiazole rings is 1. The van der Waals surface area contributed by atoms with Gasteiger partial charge in [-0.25, -0.2) is 9.99 Å². The van der Waals surface area contributed by atoms with E-state index in [1.54, 1.807) is 12.1 Å². The van der Waals surface area contributed by atoms with Crippen molar-refractivity contribution in [1.82, 2.24) is 15.4 Å². The average molecular weight is 399 g/mol. The van der Waals surface area contributed by atoms with Crippen molar-refractivity contribution in [3.8, 4) is 11.3 Å². The van der Waals surface area contributed by atoms with Crippen LogP contribution in [0.4, 0.5) is 5.13 Å². The molecule has 0 aliphatic rings. The van der Waals surface area contributed by atoms with Crippen LogP contribution in [0, 0.1) is 0 Å². The summed E-state index contributed by atoms with van der Waals surface area (Å²) in [6.07, 6.45) is 1.46. The molecule has 0 atom stereocenters. The zero-order valence-electron chi connectivity index (χ0n) is 16.7. The molecular formula is C21H26N4O2S. The van der Waals surface area contributed by atoms with Gasteiger partial charge in [0.2, 0.25) is 0 Å². The summed E-state index contributed by atoms with van der Waals surface area (Å²) in [5, 5.41) is 5.29. The number of carbonyl (C=O) groups is 1. The molecule has 0 unspecified atom stereocenters. The van der Waals surface area contributed by atoms with E-state index in [4.69, 9.17) is 4.42 Å². The molecule has 7 heteroatoms. The van der Waals surface area contributed by atoms with Crippen LogP contribution >= 0.6 is 11.3 Å². The summed E-state index contributed by atoms with van der Waals surface area (Å²) in [7, 11) is 3.91. The Morgan fingerprint density at radius 3 is 2.46 bits per heavy atom. The first-order valence-corrected chi connectivity index (χ1v) is 9.73. The van der Waals surface area contributed by atoms with Crippen LogP contribution in [0.3, 0.4) is 0 Å². The highest BCUT2D eigenvalue weighted by atomic mass is 32.1. The highest BCUT2D eigenvalue weighted by molar-refractivity contribution is 7.17. The van der Waals surface area contributed by atoms with Crippen LogP contribution in [-0.4, -0.2) is 36.5 Å². The Hall–Kier alpha value is -2.74. The van der Waals surface area contributed by atoms with E-state index < -0.39 is 0 Å². The molecule has 28 heavy (non-hydrogen) atoms. The van der Waals surface area contributed by atoms with Gasteiger partial charge in [0.15, 0.2) is 10.9 Å². The number of hydrazine groups is 1. The van der Waals surface area contributed by atoms with E-state index in [0.717, 1.165) is 28.3 Å². The number of carbonyl (C=O) groups excluding carboxylic acids is 1. The third-order valence-corrected chi connectivity index (χ3v) is 5.02. The van der Waals surface area contributed by atoms with E-state index in [1.165, 1.54) is 17.6 Å². The third-order valence-electron chi connectivity index (χ3n) is 3.88. The first-order chi connectivity index (χ1) is 13.5. The molecule has 0 spiro atoms. The molecule has 0 bridgehead atoms. The standard InChI is InChI=1S/C17H14N2O2S.C4H12N2/c1-11(2)15-14(12-7-4-3-5-8-12)18-17(22-15)19-16(20)13-9-6-10-21-13;1-4-6(3)5-2/h3-10H,1H2,2H3,(H,18,19,20);5H,4H2,1-3H3. The maximum Gasteiger partial charge on any atom is 0.293 e. The van der Waals surface area contributed by atoms with Crippen LogP contribution in [0.2, 0.25) is 0 Å². The Balaban J connectivity index is 0.000000409. The first-order valence-electron chi connectivity index (χ1n) is 8.91. The molecule has 0 fully saturated rings. The number of allylic oxidation sites excluding steroid dienone is 1. The van der Waals surface area contributed by atoms with Crippen LogP contribution < -0.4 is 10.7 Å². The minimum atomic E-state index is -0.313. The van der Waals surface area contributed by atoms with Gasteiger partial charge in [-0.1, -0.05) is 55.2 Å². The second-order valence-corrected chi connectivity index (χ2v) is 7.01. The number of furan rings is 1. The van der Waals surface area contributed by atoms with Crippen molar-refractivity contribution >= 4 is 27.9 Å². The summed E-state index contributed by atoms with van der Waals surface area (Å²) < 4.78 is 5.08. The van der Waals surface area contributed by atoms with Gasteiger partial charge in [-0.3, -0.25) is 15.5 Å². The quantitative estimate of drug-likeness (QED) is 0.586. The van der Waals surface area contributed by atoms with Crippen molar-refractivity contribution in [3.05, 3.63) is 65.9 Å². The molecule has 3 rings (SSSR count). The maximum absolute atomic E-state index is 12.0. The molecule has 3 aromatic rings. The molecular weight excluding hydrogens is 372 g/mol. The molecule has 0 aliphatic carbocycles. The Morgan fingerprint density at radius 1 is 1.25 bits per heavy atom. The Bertz CT molecular complexity index is 885. The first kappa shape index (κ1) is 21.6. The molecule has 1 aromatic carbocycles. The topological polar surface area (TPSA) is 70.4 Å². The zero-order valence-corrected chi connectivity index (χ0v) is 17.5. The predicted octanol–water partition coefficient (Wildman–Crippen LogP) is 4.76. The zero-order chi connectivity index (χ0) is 20.5. The highest BCUT2D eigenvalue weighted by Gasteiger charge is 2.16. The van der Waals surface area contributed by atoms with Gasteiger partial charge in [-0.15, -0.1) is 0 Å². The van der Waals surface area contributed by atoms with Gasteiger partial charge in [0.25, 0.3) is 5.91 Å². The number of hydrogen-bond donors (Lipinski definition) is 2. The number of aromatic nitrogens is 1. The van der Waals surface area contributed by atoms with Gasteiger partial charge >= 0.3 is 0 Å². The molecule has 0 radical (unpaired) electrons. The maximum atomic E-state index is 12.0. The minimum Gasteiger partial charge on any atom is -0.459 e. The van der Waals surface area contributed by atoms with Crippen LogP contribution in [0.25, 0.3) is 16.8 Å². The lowest BCUT2D eigenvalue weighted by Gasteiger charge is -2.09. The average Bonchev–Trinajstić information content (AvgIpc) is 3.38. The second kappa shape index (κ2) is 10.6. The van der Waals surface area contributed by atoms with Crippen molar-refractivity contribution in [2.24, 2.45) is 0 Å². The van der Waals surface area contributed by atoms with Crippen molar-refractivity contribution in [1.29, 1.82) is 0 Å². The second-order valence-electron chi connectivity index (χ2n) is 6.01. The molecule has 0 saturated carbocycles. The van der Waals surface area contributed by atoms with Crippen molar-refractivity contribution in [2.75, 3.05) is 26.0 Å². The molecule has 148 valence electrons. The Kier molecular flexibility index (Phi) is 8.13. The van der Waals surface area contributed by atoms with E-state index in [1.807, 2.05) is 56.4 Å². The van der Waals surface area contributed by atoms with Gasteiger partial charge in [0, 0.05) is 19.2 Å². The van der Waals surface area contributed by atoms with Crippen LogP contribution in [0.5, 0.6) is 0 Å². The summed E-state index contributed by atoms with van der Waals surface area (Å²) in [4.78, 5) is 17.5. The summed E-state index contributed by atoms with van der Waals surface area (Å²) in [5.74, 6) is -0.0556. The van der Waals surface area contributed by atoms with Crippen LogP contribution in [0.1, 0.15) is 29.3 Å². The predicted molar refractivity (Wildman–Crippen MR) is 116 cm³/mol. The fourth-order valence-corrected chi connectivity index (χ4v) is 3.09. The van der Waals surface area contributed by atoms with E-state index in [-0.39, 0.29) is 11.7 Å². The van der Waals surface area contributed by atoms with Gasteiger partial charge in [0.1, 0.15) is 0 Å². The monoisotopic (exact) mass is 398 g/mol. The fraction of sp³-hybridized carbons (Fsp3) is 0.238. The summed E-state index contributed by atoms with van der Waals surface area (Å²) in [6, 6.07) is 13.1. The van der Waals surface area contributed by atoms with Crippen molar-refractivity contribution < 1.29 is 9.21 Å². The number of nitrogens with zero attached hydrogens (tertiary/aromatic N) is 2. The van der Waals surface area contributed by atoms with Crippen molar-refractivity contribution in [2.45, 2.75) is 13.8 Å².